The zero-order chi connectivity index (χ0) is 12.8. The fourth-order valence-electron chi connectivity index (χ4n) is 1.96. The summed E-state index contributed by atoms with van der Waals surface area (Å²) in [5.41, 5.74) is 7.81. The normalized spacial score (nSPS) is 10.7. The molecule has 4 nitrogen and oxygen atoms in total. The van der Waals surface area contributed by atoms with Gasteiger partial charge in [-0.25, -0.2) is 0 Å². The van der Waals surface area contributed by atoms with Crippen LogP contribution in [0.5, 0.6) is 0 Å². The van der Waals surface area contributed by atoms with Crippen LogP contribution in [0.2, 0.25) is 0 Å². The molecule has 0 saturated heterocycles. The van der Waals surface area contributed by atoms with Gasteiger partial charge in [0.25, 0.3) is 0 Å². The van der Waals surface area contributed by atoms with Crippen LogP contribution in [0.4, 0.5) is 11.4 Å². The highest BCUT2D eigenvalue weighted by Gasteiger charge is 2.03. The van der Waals surface area contributed by atoms with Crippen molar-refractivity contribution in [3.05, 3.63) is 30.6 Å². The molecule has 1 aromatic carbocycles. The number of methoxy groups -OCH3 is 1. The molecule has 0 amide bonds. The van der Waals surface area contributed by atoms with Crippen molar-refractivity contribution < 1.29 is 4.74 Å². The number of rotatable bonds is 6. The van der Waals surface area contributed by atoms with E-state index in [0.29, 0.717) is 0 Å². The number of nitrogens with one attached hydrogen (secondary N) is 1. The van der Waals surface area contributed by atoms with Gasteiger partial charge < -0.3 is 15.8 Å². The molecule has 0 radical (unpaired) electrons. The van der Waals surface area contributed by atoms with Gasteiger partial charge in [0.05, 0.1) is 0 Å². The topological polar surface area (TPSA) is 60.2 Å². The highest BCUT2D eigenvalue weighted by atomic mass is 16.5. The second-order valence-corrected chi connectivity index (χ2v) is 4.25. The molecule has 0 unspecified atom stereocenters. The average molecular weight is 245 g/mol. The van der Waals surface area contributed by atoms with Crippen molar-refractivity contribution in [1.82, 2.24) is 4.98 Å². The maximum atomic E-state index is 5.94. The largest absolute Gasteiger partial charge is 0.398 e. The number of pyridine rings is 1. The first-order valence-corrected chi connectivity index (χ1v) is 6.18. The summed E-state index contributed by atoms with van der Waals surface area (Å²) >= 11 is 0. The lowest BCUT2D eigenvalue weighted by Crippen LogP contribution is -2.04. The Morgan fingerprint density at radius 2 is 2.11 bits per heavy atom. The first kappa shape index (κ1) is 12.6. The molecule has 0 spiro atoms. The van der Waals surface area contributed by atoms with Crippen molar-refractivity contribution in [3.8, 4) is 0 Å². The van der Waals surface area contributed by atoms with Crippen LogP contribution in [0.15, 0.2) is 30.6 Å². The number of fused-ring (bicyclic) bond motifs is 1. The van der Waals surface area contributed by atoms with Crippen LogP contribution in [-0.2, 0) is 4.74 Å². The minimum Gasteiger partial charge on any atom is -0.398 e. The molecule has 1 aromatic heterocycles. The zero-order valence-electron chi connectivity index (χ0n) is 10.6. The number of aromatic nitrogens is 1. The van der Waals surface area contributed by atoms with Crippen LogP contribution >= 0.6 is 0 Å². The molecule has 0 aliphatic carbocycles. The van der Waals surface area contributed by atoms with E-state index in [-0.39, 0.29) is 0 Å². The first-order chi connectivity index (χ1) is 8.83. The second-order valence-electron chi connectivity index (χ2n) is 4.25. The third-order valence-electron chi connectivity index (χ3n) is 2.94. The summed E-state index contributed by atoms with van der Waals surface area (Å²) < 4.78 is 5.03. The lowest BCUT2D eigenvalue weighted by atomic mass is 10.1. The van der Waals surface area contributed by atoms with E-state index in [2.05, 4.69) is 10.3 Å². The maximum Gasteiger partial charge on any atom is 0.0462 e. The standard InChI is InChI=1S/C14H19N3O/c1-18-9-3-2-7-17-14-5-4-13(15)12-10-16-8-6-11(12)14/h4-6,8,10,17H,2-3,7,9,15H2,1H3. The summed E-state index contributed by atoms with van der Waals surface area (Å²) in [4.78, 5) is 4.11. The van der Waals surface area contributed by atoms with Gasteiger partial charge in [-0.05, 0) is 31.0 Å². The third-order valence-corrected chi connectivity index (χ3v) is 2.94. The molecule has 0 aliphatic rings. The molecule has 0 fully saturated rings. The van der Waals surface area contributed by atoms with Gasteiger partial charge in [-0.3, -0.25) is 4.98 Å². The highest BCUT2D eigenvalue weighted by molar-refractivity contribution is 6.00. The molecule has 0 bridgehead atoms. The molecular weight excluding hydrogens is 226 g/mol. The quantitative estimate of drug-likeness (QED) is 0.606. The molecule has 18 heavy (non-hydrogen) atoms. The predicted octanol–water partition coefficient (Wildman–Crippen LogP) is 2.66. The Kier molecular flexibility index (Phi) is 4.36. The van der Waals surface area contributed by atoms with Crippen molar-refractivity contribution in [1.29, 1.82) is 0 Å². The Morgan fingerprint density at radius 1 is 1.22 bits per heavy atom. The summed E-state index contributed by atoms with van der Waals surface area (Å²) in [6.45, 7) is 1.75. The van der Waals surface area contributed by atoms with Crippen LogP contribution in [0.3, 0.4) is 0 Å². The van der Waals surface area contributed by atoms with Gasteiger partial charge >= 0.3 is 0 Å². The molecule has 0 aliphatic heterocycles. The van der Waals surface area contributed by atoms with E-state index in [1.54, 1.807) is 19.5 Å². The Hall–Kier alpha value is -1.81. The summed E-state index contributed by atoms with van der Waals surface area (Å²) in [7, 11) is 1.73. The van der Waals surface area contributed by atoms with Crippen LogP contribution in [-0.4, -0.2) is 25.2 Å². The molecular formula is C14H19N3O. The van der Waals surface area contributed by atoms with Gasteiger partial charge in [0.2, 0.25) is 0 Å². The van der Waals surface area contributed by atoms with Gasteiger partial charge in [0.1, 0.15) is 0 Å². The predicted molar refractivity (Wildman–Crippen MR) is 75.8 cm³/mol. The fraction of sp³-hybridized carbons (Fsp3) is 0.357. The van der Waals surface area contributed by atoms with E-state index < -0.39 is 0 Å². The molecule has 96 valence electrons. The van der Waals surface area contributed by atoms with Gasteiger partial charge in [-0.2, -0.15) is 0 Å². The molecule has 0 saturated carbocycles. The Bertz CT molecular complexity index is 513. The van der Waals surface area contributed by atoms with Crippen LogP contribution in [0.25, 0.3) is 10.8 Å². The number of unbranched alkanes of at least 4 members (excludes halogenated alkanes) is 1. The van der Waals surface area contributed by atoms with Crippen LogP contribution < -0.4 is 11.1 Å². The number of hydrogen-bond acceptors (Lipinski definition) is 4. The Morgan fingerprint density at radius 3 is 2.94 bits per heavy atom. The molecule has 3 N–H and O–H groups in total. The first-order valence-electron chi connectivity index (χ1n) is 6.18. The summed E-state index contributed by atoms with van der Waals surface area (Å²) in [5, 5.41) is 5.56. The molecule has 4 heteroatoms. The van der Waals surface area contributed by atoms with Gasteiger partial charge in [-0.15, -0.1) is 0 Å². The molecule has 2 aromatic rings. The van der Waals surface area contributed by atoms with E-state index in [9.17, 15) is 0 Å². The SMILES string of the molecule is COCCCCNc1ccc(N)c2cnccc12. The van der Waals surface area contributed by atoms with Crippen LogP contribution in [0.1, 0.15) is 12.8 Å². The van der Waals surface area contributed by atoms with Gasteiger partial charge in [0, 0.05) is 54.8 Å². The van der Waals surface area contributed by atoms with Crippen molar-refractivity contribution in [3.63, 3.8) is 0 Å². The minimum atomic E-state index is 0.767. The van der Waals surface area contributed by atoms with E-state index in [1.165, 1.54) is 0 Å². The van der Waals surface area contributed by atoms with Crippen molar-refractivity contribution in [2.24, 2.45) is 0 Å². The van der Waals surface area contributed by atoms with Crippen molar-refractivity contribution >= 4 is 22.1 Å². The Labute approximate surface area is 107 Å². The lowest BCUT2D eigenvalue weighted by molar-refractivity contribution is 0.194. The number of benzene rings is 1. The minimum absolute atomic E-state index is 0.767. The van der Waals surface area contributed by atoms with E-state index in [4.69, 9.17) is 10.5 Å². The lowest BCUT2D eigenvalue weighted by Gasteiger charge is -2.10. The number of ether oxygens (including phenoxy) is 1. The molecule has 2 rings (SSSR count). The van der Waals surface area contributed by atoms with E-state index in [0.717, 1.165) is 48.1 Å². The van der Waals surface area contributed by atoms with Gasteiger partial charge in [0.15, 0.2) is 0 Å². The number of nitrogens with zero attached hydrogens (tertiary/aromatic N) is 1. The average Bonchev–Trinajstić information content (AvgIpc) is 2.41. The van der Waals surface area contributed by atoms with E-state index in [1.807, 2.05) is 18.2 Å². The zero-order valence-corrected chi connectivity index (χ0v) is 10.6. The second kappa shape index (κ2) is 6.21. The maximum absolute atomic E-state index is 5.94. The number of nitrogen functional groups attached to an aromatic ring is 1. The van der Waals surface area contributed by atoms with Gasteiger partial charge in [-0.1, -0.05) is 0 Å². The smallest absolute Gasteiger partial charge is 0.0462 e. The molecule has 1 heterocycles. The summed E-state index contributed by atoms with van der Waals surface area (Å²) in [6.07, 6.45) is 5.75. The summed E-state index contributed by atoms with van der Waals surface area (Å²) in [6, 6.07) is 5.93. The number of nitrogens with two attached hydrogens (primary N) is 1. The summed E-state index contributed by atoms with van der Waals surface area (Å²) in [5.74, 6) is 0. The fourth-order valence-corrected chi connectivity index (χ4v) is 1.96. The highest BCUT2D eigenvalue weighted by Crippen LogP contribution is 2.27. The Balaban J connectivity index is 2.07. The van der Waals surface area contributed by atoms with Crippen molar-refractivity contribution in [2.75, 3.05) is 31.3 Å². The van der Waals surface area contributed by atoms with E-state index >= 15 is 0 Å². The van der Waals surface area contributed by atoms with Crippen LogP contribution in [0, 0.1) is 0 Å². The third kappa shape index (κ3) is 2.90. The molecule has 0 atom stereocenters. The number of anilines is 2. The van der Waals surface area contributed by atoms with Crippen molar-refractivity contribution in [2.45, 2.75) is 12.8 Å². The monoisotopic (exact) mass is 245 g/mol. The number of hydrogen-bond donors (Lipinski definition) is 2.